The van der Waals surface area contributed by atoms with Crippen LogP contribution < -0.4 is 0 Å². The zero-order chi connectivity index (χ0) is 0. The minimum absolute atomic E-state index is 0. The van der Waals surface area contributed by atoms with Gasteiger partial charge in [0.1, 0.15) is 0 Å². The topological polar surface area (TPSA) is 0 Å². The van der Waals surface area contributed by atoms with Gasteiger partial charge in [-0.05, 0) is 0 Å². The third-order valence-electron chi connectivity index (χ3n) is 0. The van der Waals surface area contributed by atoms with Crippen LogP contribution in [0.25, 0.3) is 0 Å². The summed E-state index contributed by atoms with van der Waals surface area (Å²) in [6.45, 7) is 0. The van der Waals surface area contributed by atoms with Gasteiger partial charge in [0.05, 0.1) is 0 Å². The van der Waals surface area contributed by atoms with Crippen molar-refractivity contribution in [3.8, 4) is 0 Å². The molecule has 0 saturated heterocycles. The first-order chi connectivity index (χ1) is 0. The van der Waals surface area contributed by atoms with Crippen molar-refractivity contribution < 1.29 is 93.3 Å². The van der Waals surface area contributed by atoms with E-state index in [2.05, 4.69) is 0 Å². The third kappa shape index (κ3) is 9.03. The summed E-state index contributed by atoms with van der Waals surface area (Å²) in [5, 5.41) is 0. The molecule has 0 amide bonds. The first-order valence-corrected chi connectivity index (χ1v) is 0. The van der Waals surface area contributed by atoms with E-state index in [1.54, 1.807) is 0 Å². The molecule has 0 heterocycles. The number of hydrogen-bond donors (Lipinski definition) is 0. The third-order valence-corrected chi connectivity index (χ3v) is 0. The van der Waals surface area contributed by atoms with E-state index in [0.717, 1.165) is 0 Å². The predicted molar refractivity (Wildman–Crippen MR) is 5.75 cm³/mol. The summed E-state index contributed by atoms with van der Waals surface area (Å²) >= 11 is 0. The molecular formula is SiU3. The van der Waals surface area contributed by atoms with Gasteiger partial charge in [-0.25, -0.2) is 0 Å². The predicted octanol–water partition coefficient (Wildman–Crippen LogP) is -0.381. The van der Waals surface area contributed by atoms with Gasteiger partial charge in [-0.3, -0.25) is 0 Å². The van der Waals surface area contributed by atoms with Crippen LogP contribution in [-0.2, 0) is 0 Å². The maximum atomic E-state index is 0. The van der Waals surface area contributed by atoms with E-state index in [1.807, 2.05) is 0 Å². The molecule has 16 valence electrons. The molecule has 0 atom stereocenters. The minimum Gasteiger partial charge on any atom is 0 e. The Morgan fingerprint density at radius 2 is 0.500 bits per heavy atom. The van der Waals surface area contributed by atoms with E-state index in [1.165, 1.54) is 0 Å². The van der Waals surface area contributed by atoms with Crippen molar-refractivity contribution in [1.29, 1.82) is 0 Å². The fourth-order valence-corrected chi connectivity index (χ4v) is 0. The first kappa shape index (κ1) is 26.3. The van der Waals surface area contributed by atoms with Crippen LogP contribution in [0.1, 0.15) is 0 Å². The molecule has 0 fully saturated rings. The van der Waals surface area contributed by atoms with Crippen LogP contribution in [0, 0.1) is 93.3 Å². The Morgan fingerprint density at radius 3 is 0.500 bits per heavy atom. The quantitative estimate of drug-likeness (QED) is 0.298. The Balaban J connectivity index is 0. The van der Waals surface area contributed by atoms with Gasteiger partial charge >= 0.3 is 0 Å². The van der Waals surface area contributed by atoms with Crippen molar-refractivity contribution in [2.75, 3.05) is 0 Å². The molecule has 4 heteroatoms. The standard InChI is InChI=1S/Si.3U. The Morgan fingerprint density at radius 1 is 0.500 bits per heavy atom. The Bertz CT molecular complexity index is 3.25. The van der Waals surface area contributed by atoms with E-state index in [9.17, 15) is 0 Å². The molecular weight excluding hydrogens is 742 g/mol. The monoisotopic (exact) mass is 742 g/mol. The van der Waals surface area contributed by atoms with E-state index < -0.39 is 0 Å². The molecule has 0 saturated carbocycles. The molecule has 0 unspecified atom stereocenters. The van der Waals surface area contributed by atoms with Gasteiger partial charge in [0.25, 0.3) is 0 Å². The Hall–Kier alpha value is 3.37. The minimum atomic E-state index is 0. The summed E-state index contributed by atoms with van der Waals surface area (Å²) in [5.74, 6) is 0. The summed E-state index contributed by atoms with van der Waals surface area (Å²) in [6, 6.07) is 0. The number of hydrogen-bond acceptors (Lipinski definition) is 0. The van der Waals surface area contributed by atoms with Gasteiger partial charge in [0, 0.05) is 104 Å². The molecule has 0 aromatic rings. The van der Waals surface area contributed by atoms with E-state index in [4.69, 9.17) is 0 Å². The van der Waals surface area contributed by atoms with Crippen molar-refractivity contribution in [3.63, 3.8) is 0 Å². The Labute approximate surface area is 102 Å². The molecule has 0 spiro atoms. The molecule has 0 bridgehead atoms. The van der Waals surface area contributed by atoms with Crippen LogP contribution in [0.5, 0.6) is 0 Å². The fraction of sp³-hybridized carbons (Fsp3) is 0. The van der Waals surface area contributed by atoms with E-state index in [0.29, 0.717) is 0 Å². The SMILES string of the molecule is [Si].[U].[U].[U]. The second-order valence-corrected chi connectivity index (χ2v) is 0. The maximum absolute atomic E-state index is 0. The van der Waals surface area contributed by atoms with Crippen molar-refractivity contribution in [2.45, 2.75) is 0 Å². The average Bonchev–Trinajstić information content (AvgIpc) is 0. The maximum Gasteiger partial charge on any atom is 0 e. The van der Waals surface area contributed by atoms with Crippen molar-refractivity contribution in [1.82, 2.24) is 0 Å². The van der Waals surface area contributed by atoms with Crippen LogP contribution in [-0.4, -0.2) is 11.0 Å². The van der Waals surface area contributed by atoms with Crippen LogP contribution >= 0.6 is 0 Å². The van der Waals surface area contributed by atoms with Crippen molar-refractivity contribution in [3.05, 3.63) is 0 Å². The molecule has 0 nitrogen and oxygen atoms in total. The van der Waals surface area contributed by atoms with Gasteiger partial charge in [-0.1, -0.05) is 0 Å². The second-order valence-electron chi connectivity index (χ2n) is 0. The van der Waals surface area contributed by atoms with Crippen LogP contribution in [0.4, 0.5) is 0 Å². The largest absolute Gasteiger partial charge is 0 e. The van der Waals surface area contributed by atoms with E-state index in [-0.39, 0.29) is 104 Å². The molecule has 0 aliphatic rings. The summed E-state index contributed by atoms with van der Waals surface area (Å²) < 4.78 is 0. The van der Waals surface area contributed by atoms with Gasteiger partial charge in [-0.2, -0.15) is 0 Å². The van der Waals surface area contributed by atoms with Crippen molar-refractivity contribution in [2.24, 2.45) is 0 Å². The van der Waals surface area contributed by atoms with Crippen molar-refractivity contribution >= 4 is 11.0 Å². The summed E-state index contributed by atoms with van der Waals surface area (Å²) in [4.78, 5) is 0. The molecule has 0 aromatic carbocycles. The molecule has 0 aromatic heterocycles. The molecule has 0 aliphatic carbocycles. The molecule has 4 heavy (non-hydrogen) atoms. The normalized spacial score (nSPS) is 0. The van der Waals surface area contributed by atoms with E-state index >= 15 is 0 Å². The zero-order valence-electron chi connectivity index (χ0n) is 2.00. The van der Waals surface area contributed by atoms with Gasteiger partial charge in [0.15, 0.2) is 0 Å². The summed E-state index contributed by atoms with van der Waals surface area (Å²) in [6.07, 6.45) is 0. The Kier molecular flexibility index (Phi) is 106. The summed E-state index contributed by atoms with van der Waals surface area (Å²) in [5.41, 5.74) is 0. The summed E-state index contributed by atoms with van der Waals surface area (Å²) in [7, 11) is 0. The number of rotatable bonds is 0. The molecule has 4 radical (unpaired) electrons. The van der Waals surface area contributed by atoms with Gasteiger partial charge in [-0.15, -0.1) is 0 Å². The smallest absolute Gasteiger partial charge is 0 e. The van der Waals surface area contributed by atoms with Gasteiger partial charge in [0.2, 0.25) is 0 Å². The average molecular weight is 742 g/mol. The van der Waals surface area contributed by atoms with Crippen LogP contribution in [0.2, 0.25) is 0 Å². The first-order valence-electron chi connectivity index (χ1n) is 0. The zero-order valence-corrected chi connectivity index (χ0v) is 15.5. The van der Waals surface area contributed by atoms with Gasteiger partial charge < -0.3 is 0 Å². The second kappa shape index (κ2) is 16.2. The molecule has 0 N–H and O–H groups in total. The van der Waals surface area contributed by atoms with Crippen LogP contribution in [0.15, 0.2) is 0 Å². The fourth-order valence-electron chi connectivity index (χ4n) is 0. The molecule has 0 rings (SSSR count). The van der Waals surface area contributed by atoms with Crippen LogP contribution in [0.3, 0.4) is 0 Å². The molecule has 0 aliphatic heterocycles.